The molecule has 0 N–H and O–H groups in total. The van der Waals surface area contributed by atoms with Crippen molar-refractivity contribution in [2.75, 3.05) is 26.7 Å². The first-order chi connectivity index (χ1) is 11.1. The summed E-state index contributed by atoms with van der Waals surface area (Å²) in [6.07, 6.45) is 0. The van der Waals surface area contributed by atoms with Gasteiger partial charge in [0.1, 0.15) is 5.82 Å². The number of nitrogens with zero attached hydrogens (tertiary/aromatic N) is 2. The largest absolute Gasteiger partial charge is 0.335 e. The molecule has 23 heavy (non-hydrogen) atoms. The average molecular weight is 377 g/mol. The number of hydrogen-bond donors (Lipinski definition) is 0. The molecule has 120 valence electrons. The maximum absolute atomic E-state index is 14.1. The zero-order valence-electron chi connectivity index (χ0n) is 12.9. The van der Waals surface area contributed by atoms with E-state index >= 15 is 0 Å². The van der Waals surface area contributed by atoms with Crippen LogP contribution in [0.15, 0.2) is 53.0 Å². The zero-order valence-corrected chi connectivity index (χ0v) is 14.5. The molecule has 3 rings (SSSR count). The first-order valence-corrected chi connectivity index (χ1v) is 8.35. The summed E-state index contributed by atoms with van der Waals surface area (Å²) in [6, 6.07) is 14.0. The molecule has 0 aliphatic carbocycles. The molecule has 2 aromatic carbocycles. The number of likely N-dealkylation sites (N-methyl/N-ethyl adjacent to an activating group) is 1. The van der Waals surface area contributed by atoms with E-state index in [0.717, 1.165) is 11.0 Å². The molecule has 1 atom stereocenters. The standard InChI is InChI=1S/C18H18BrFN2O/c1-21-9-10-22(18(23)13-5-4-6-14(19)11-13)12-17(21)15-7-2-3-8-16(15)20/h2-8,11,17H,9-10,12H2,1H3. The van der Waals surface area contributed by atoms with Crippen LogP contribution >= 0.6 is 15.9 Å². The van der Waals surface area contributed by atoms with Crippen molar-refractivity contribution < 1.29 is 9.18 Å². The molecule has 1 aliphatic heterocycles. The quantitative estimate of drug-likeness (QED) is 0.797. The normalized spacial score (nSPS) is 18.9. The van der Waals surface area contributed by atoms with E-state index < -0.39 is 0 Å². The molecular weight excluding hydrogens is 359 g/mol. The van der Waals surface area contributed by atoms with Crippen molar-refractivity contribution >= 4 is 21.8 Å². The molecule has 1 saturated heterocycles. The summed E-state index contributed by atoms with van der Waals surface area (Å²) in [7, 11) is 1.97. The summed E-state index contributed by atoms with van der Waals surface area (Å²) in [4.78, 5) is 16.6. The van der Waals surface area contributed by atoms with E-state index in [9.17, 15) is 9.18 Å². The van der Waals surface area contributed by atoms with Crippen molar-refractivity contribution in [3.05, 3.63) is 69.9 Å². The van der Waals surface area contributed by atoms with E-state index in [1.165, 1.54) is 6.07 Å². The Morgan fingerprint density at radius 3 is 2.70 bits per heavy atom. The van der Waals surface area contributed by atoms with Gasteiger partial charge in [0.15, 0.2) is 0 Å². The Morgan fingerprint density at radius 1 is 1.17 bits per heavy atom. The van der Waals surface area contributed by atoms with Gasteiger partial charge in [-0.1, -0.05) is 40.2 Å². The van der Waals surface area contributed by atoms with Crippen LogP contribution in [0.4, 0.5) is 4.39 Å². The monoisotopic (exact) mass is 376 g/mol. The van der Waals surface area contributed by atoms with E-state index in [-0.39, 0.29) is 17.8 Å². The van der Waals surface area contributed by atoms with Gasteiger partial charge in [-0.3, -0.25) is 9.69 Å². The first-order valence-electron chi connectivity index (χ1n) is 7.56. The lowest BCUT2D eigenvalue weighted by Gasteiger charge is -2.39. The highest BCUT2D eigenvalue weighted by Crippen LogP contribution is 2.27. The van der Waals surface area contributed by atoms with Gasteiger partial charge in [-0.05, 0) is 31.3 Å². The van der Waals surface area contributed by atoms with Crippen LogP contribution in [-0.4, -0.2) is 42.4 Å². The lowest BCUT2D eigenvalue weighted by atomic mass is 10.0. The van der Waals surface area contributed by atoms with Crippen LogP contribution in [0, 0.1) is 5.82 Å². The van der Waals surface area contributed by atoms with Crippen LogP contribution in [0.5, 0.6) is 0 Å². The number of piperazine rings is 1. The molecule has 1 amide bonds. The highest BCUT2D eigenvalue weighted by atomic mass is 79.9. The summed E-state index contributed by atoms with van der Waals surface area (Å²) in [5, 5.41) is 0. The molecule has 3 nitrogen and oxygen atoms in total. The molecule has 1 unspecified atom stereocenters. The van der Waals surface area contributed by atoms with Crippen molar-refractivity contribution in [1.82, 2.24) is 9.80 Å². The molecule has 0 aromatic heterocycles. The highest BCUT2D eigenvalue weighted by molar-refractivity contribution is 9.10. The van der Waals surface area contributed by atoms with E-state index in [1.807, 2.05) is 37.4 Å². The highest BCUT2D eigenvalue weighted by Gasteiger charge is 2.30. The van der Waals surface area contributed by atoms with E-state index in [1.54, 1.807) is 17.0 Å². The molecular formula is C18H18BrFN2O. The molecule has 0 spiro atoms. The zero-order chi connectivity index (χ0) is 16.4. The van der Waals surface area contributed by atoms with Crippen molar-refractivity contribution in [2.45, 2.75) is 6.04 Å². The van der Waals surface area contributed by atoms with Crippen LogP contribution < -0.4 is 0 Å². The Kier molecular flexibility index (Phi) is 4.78. The van der Waals surface area contributed by atoms with Crippen molar-refractivity contribution in [2.24, 2.45) is 0 Å². The Balaban J connectivity index is 1.83. The Bertz CT molecular complexity index is 722. The molecule has 1 fully saturated rings. The fourth-order valence-electron chi connectivity index (χ4n) is 2.94. The SMILES string of the molecule is CN1CCN(C(=O)c2cccc(Br)c2)CC1c1ccccc1F. The molecule has 1 heterocycles. The number of hydrogen-bond acceptors (Lipinski definition) is 2. The number of halogens is 2. The van der Waals surface area contributed by atoms with Crippen LogP contribution in [0.2, 0.25) is 0 Å². The molecule has 2 aromatic rings. The molecule has 0 bridgehead atoms. The van der Waals surface area contributed by atoms with Gasteiger partial charge in [0, 0.05) is 35.2 Å². The fourth-order valence-corrected chi connectivity index (χ4v) is 3.34. The Labute approximate surface area is 143 Å². The van der Waals surface area contributed by atoms with Crippen molar-refractivity contribution in [3.63, 3.8) is 0 Å². The predicted octanol–water partition coefficient (Wildman–Crippen LogP) is 3.72. The van der Waals surface area contributed by atoms with E-state index in [0.29, 0.717) is 24.2 Å². The number of amides is 1. The molecule has 0 saturated carbocycles. The minimum Gasteiger partial charge on any atom is -0.335 e. The summed E-state index contributed by atoms with van der Waals surface area (Å²) >= 11 is 3.39. The number of benzene rings is 2. The first kappa shape index (κ1) is 16.1. The fraction of sp³-hybridized carbons (Fsp3) is 0.278. The lowest BCUT2D eigenvalue weighted by Crippen LogP contribution is -2.49. The van der Waals surface area contributed by atoms with Gasteiger partial charge in [0.2, 0.25) is 0 Å². The predicted molar refractivity (Wildman–Crippen MR) is 91.8 cm³/mol. The van der Waals surface area contributed by atoms with Crippen LogP contribution in [0.1, 0.15) is 22.0 Å². The van der Waals surface area contributed by atoms with Crippen LogP contribution in [0.3, 0.4) is 0 Å². The minimum atomic E-state index is -0.221. The third-order valence-corrected chi connectivity index (χ3v) is 4.76. The number of carbonyl (C=O) groups excluding carboxylic acids is 1. The van der Waals surface area contributed by atoms with Gasteiger partial charge in [0.25, 0.3) is 5.91 Å². The second-order valence-electron chi connectivity index (χ2n) is 5.78. The Hall–Kier alpha value is -1.72. The second-order valence-corrected chi connectivity index (χ2v) is 6.70. The molecule has 5 heteroatoms. The van der Waals surface area contributed by atoms with Crippen molar-refractivity contribution in [3.8, 4) is 0 Å². The van der Waals surface area contributed by atoms with Crippen molar-refractivity contribution in [1.29, 1.82) is 0 Å². The summed E-state index contributed by atoms with van der Waals surface area (Å²) in [6.45, 7) is 1.86. The third-order valence-electron chi connectivity index (χ3n) is 4.27. The topological polar surface area (TPSA) is 23.6 Å². The van der Waals surface area contributed by atoms with Gasteiger partial charge < -0.3 is 4.90 Å². The lowest BCUT2D eigenvalue weighted by molar-refractivity contribution is 0.0540. The van der Waals surface area contributed by atoms with Crippen LogP contribution in [0.25, 0.3) is 0 Å². The average Bonchev–Trinajstić information content (AvgIpc) is 2.55. The third kappa shape index (κ3) is 3.46. The van der Waals surface area contributed by atoms with Gasteiger partial charge in [-0.2, -0.15) is 0 Å². The van der Waals surface area contributed by atoms with Crippen LogP contribution in [-0.2, 0) is 0 Å². The maximum Gasteiger partial charge on any atom is 0.254 e. The smallest absolute Gasteiger partial charge is 0.254 e. The van der Waals surface area contributed by atoms with Gasteiger partial charge in [-0.15, -0.1) is 0 Å². The van der Waals surface area contributed by atoms with E-state index in [2.05, 4.69) is 20.8 Å². The minimum absolute atomic E-state index is 0.0132. The molecule has 1 aliphatic rings. The summed E-state index contributed by atoms with van der Waals surface area (Å²) < 4.78 is 15.0. The molecule has 0 radical (unpaired) electrons. The maximum atomic E-state index is 14.1. The number of rotatable bonds is 2. The second kappa shape index (κ2) is 6.81. The Morgan fingerprint density at radius 2 is 1.96 bits per heavy atom. The summed E-state index contributed by atoms with van der Waals surface area (Å²) in [5.41, 5.74) is 1.29. The van der Waals surface area contributed by atoms with E-state index in [4.69, 9.17) is 0 Å². The van der Waals surface area contributed by atoms with Gasteiger partial charge >= 0.3 is 0 Å². The summed E-state index contributed by atoms with van der Waals surface area (Å²) in [5.74, 6) is -0.234. The van der Waals surface area contributed by atoms with Gasteiger partial charge in [-0.25, -0.2) is 4.39 Å². The van der Waals surface area contributed by atoms with Gasteiger partial charge in [0.05, 0.1) is 6.04 Å². The number of carbonyl (C=O) groups is 1.